The summed E-state index contributed by atoms with van der Waals surface area (Å²) in [6, 6.07) is 8.93. The van der Waals surface area contributed by atoms with Gasteiger partial charge in [-0.05, 0) is 31.9 Å². The lowest BCUT2D eigenvalue weighted by molar-refractivity contribution is -0.121. The smallest absolute Gasteiger partial charge is 0.292 e. The molecule has 0 spiro atoms. The van der Waals surface area contributed by atoms with Crippen molar-refractivity contribution in [1.82, 2.24) is 10.1 Å². The zero-order valence-corrected chi connectivity index (χ0v) is 14.3. The van der Waals surface area contributed by atoms with Crippen LogP contribution < -0.4 is 10.1 Å². The van der Waals surface area contributed by atoms with Crippen molar-refractivity contribution in [2.45, 2.75) is 19.8 Å². The van der Waals surface area contributed by atoms with E-state index in [9.17, 15) is 9.59 Å². The van der Waals surface area contributed by atoms with Crippen LogP contribution in [0.1, 0.15) is 29.1 Å². The molecule has 0 unspecified atom stereocenters. The SMILES string of the molecule is COc1ccccc1NC(=O)C1CCN(C(=O)c2cc(C)no2)CC1. The van der Waals surface area contributed by atoms with Crippen molar-refractivity contribution in [3.8, 4) is 5.75 Å². The first-order valence-electron chi connectivity index (χ1n) is 8.25. The van der Waals surface area contributed by atoms with Crippen LogP contribution in [0.2, 0.25) is 0 Å². The Morgan fingerprint density at radius 1 is 1.28 bits per heavy atom. The van der Waals surface area contributed by atoms with Gasteiger partial charge in [0, 0.05) is 25.1 Å². The van der Waals surface area contributed by atoms with Crippen molar-refractivity contribution in [2.24, 2.45) is 5.92 Å². The van der Waals surface area contributed by atoms with Gasteiger partial charge in [-0.25, -0.2) is 0 Å². The number of hydrogen-bond acceptors (Lipinski definition) is 5. The number of likely N-dealkylation sites (tertiary alicyclic amines) is 1. The molecule has 2 amide bonds. The fourth-order valence-electron chi connectivity index (χ4n) is 2.95. The summed E-state index contributed by atoms with van der Waals surface area (Å²) in [6.45, 7) is 2.81. The Kier molecular flexibility index (Phi) is 5.02. The molecule has 3 rings (SSSR count). The lowest BCUT2D eigenvalue weighted by atomic mass is 9.95. The van der Waals surface area contributed by atoms with Crippen molar-refractivity contribution < 1.29 is 18.8 Å². The molecule has 132 valence electrons. The molecule has 0 bridgehead atoms. The van der Waals surface area contributed by atoms with Crippen LogP contribution in [0.3, 0.4) is 0 Å². The van der Waals surface area contributed by atoms with Crippen molar-refractivity contribution in [2.75, 3.05) is 25.5 Å². The Balaban J connectivity index is 1.56. The number of carbonyl (C=O) groups excluding carboxylic acids is 2. The van der Waals surface area contributed by atoms with E-state index in [1.807, 2.05) is 18.2 Å². The van der Waals surface area contributed by atoms with Gasteiger partial charge in [0.05, 0.1) is 18.5 Å². The fourth-order valence-corrected chi connectivity index (χ4v) is 2.95. The minimum absolute atomic E-state index is 0.0490. The number of methoxy groups -OCH3 is 1. The number of hydrogen-bond donors (Lipinski definition) is 1. The second-order valence-corrected chi connectivity index (χ2v) is 6.09. The first-order chi connectivity index (χ1) is 12.1. The van der Waals surface area contributed by atoms with Gasteiger partial charge in [0.15, 0.2) is 0 Å². The van der Waals surface area contributed by atoms with Crippen LogP contribution >= 0.6 is 0 Å². The van der Waals surface area contributed by atoms with Crippen molar-refractivity contribution in [3.05, 3.63) is 41.8 Å². The topological polar surface area (TPSA) is 84.7 Å². The molecule has 7 nitrogen and oxygen atoms in total. The number of carbonyl (C=O) groups is 2. The van der Waals surface area contributed by atoms with E-state index in [1.54, 1.807) is 31.1 Å². The van der Waals surface area contributed by atoms with Crippen LogP contribution in [-0.4, -0.2) is 42.1 Å². The van der Waals surface area contributed by atoms with Crippen LogP contribution in [0.5, 0.6) is 5.75 Å². The highest BCUT2D eigenvalue weighted by Crippen LogP contribution is 2.26. The molecule has 7 heteroatoms. The monoisotopic (exact) mass is 343 g/mol. The molecule has 0 atom stereocenters. The minimum Gasteiger partial charge on any atom is -0.495 e. The third-order valence-corrected chi connectivity index (χ3v) is 4.36. The third-order valence-electron chi connectivity index (χ3n) is 4.36. The van der Waals surface area contributed by atoms with E-state index in [0.717, 1.165) is 0 Å². The fraction of sp³-hybridized carbons (Fsp3) is 0.389. The number of nitrogens with one attached hydrogen (secondary N) is 1. The van der Waals surface area contributed by atoms with Gasteiger partial charge in [-0.15, -0.1) is 0 Å². The number of nitrogens with zero attached hydrogens (tertiary/aromatic N) is 2. The third kappa shape index (κ3) is 3.81. The van der Waals surface area contributed by atoms with E-state index >= 15 is 0 Å². The molecule has 2 heterocycles. The van der Waals surface area contributed by atoms with Crippen LogP contribution in [0.25, 0.3) is 0 Å². The molecule has 1 aromatic heterocycles. The Morgan fingerprint density at radius 3 is 2.64 bits per heavy atom. The summed E-state index contributed by atoms with van der Waals surface area (Å²) < 4.78 is 10.3. The summed E-state index contributed by atoms with van der Waals surface area (Å²) in [4.78, 5) is 26.5. The maximum absolute atomic E-state index is 12.5. The van der Waals surface area contributed by atoms with Crippen LogP contribution in [0.15, 0.2) is 34.9 Å². The van der Waals surface area contributed by atoms with Crippen LogP contribution in [0, 0.1) is 12.8 Å². The van der Waals surface area contributed by atoms with E-state index in [2.05, 4.69) is 10.5 Å². The first-order valence-corrected chi connectivity index (χ1v) is 8.25. The molecule has 0 aliphatic carbocycles. The number of amides is 2. The highest BCUT2D eigenvalue weighted by Gasteiger charge is 2.29. The lowest BCUT2D eigenvalue weighted by Gasteiger charge is -2.30. The zero-order valence-electron chi connectivity index (χ0n) is 14.3. The van der Waals surface area contributed by atoms with Gasteiger partial charge in [0.25, 0.3) is 5.91 Å². The van der Waals surface area contributed by atoms with E-state index in [1.165, 1.54) is 0 Å². The first kappa shape index (κ1) is 17.0. The molecule has 1 fully saturated rings. The number of para-hydroxylation sites is 2. The number of anilines is 1. The summed E-state index contributed by atoms with van der Waals surface area (Å²) in [7, 11) is 1.57. The number of rotatable bonds is 4. The van der Waals surface area contributed by atoms with E-state index in [0.29, 0.717) is 43.1 Å². The minimum atomic E-state index is -0.177. The predicted octanol–water partition coefficient (Wildman–Crippen LogP) is 2.48. The lowest BCUT2D eigenvalue weighted by Crippen LogP contribution is -2.41. The summed E-state index contributed by atoms with van der Waals surface area (Å²) in [5.41, 5.74) is 1.33. The summed E-state index contributed by atoms with van der Waals surface area (Å²) in [5.74, 6) is 0.514. The average Bonchev–Trinajstić information content (AvgIpc) is 3.08. The van der Waals surface area contributed by atoms with Gasteiger partial charge in [0.2, 0.25) is 11.7 Å². The van der Waals surface area contributed by atoms with Crippen LogP contribution in [0.4, 0.5) is 5.69 Å². The number of piperidine rings is 1. The molecule has 25 heavy (non-hydrogen) atoms. The molecule has 0 saturated carbocycles. The average molecular weight is 343 g/mol. The standard InChI is InChI=1S/C18H21N3O4/c1-12-11-16(25-20-12)18(23)21-9-7-13(8-10-21)17(22)19-14-5-3-4-6-15(14)24-2/h3-6,11,13H,7-10H2,1-2H3,(H,19,22). The van der Waals surface area contributed by atoms with Gasteiger partial charge >= 0.3 is 0 Å². The second-order valence-electron chi connectivity index (χ2n) is 6.09. The maximum atomic E-state index is 12.5. The van der Waals surface area contributed by atoms with Gasteiger partial charge in [-0.2, -0.15) is 0 Å². The summed E-state index contributed by atoms with van der Waals surface area (Å²) >= 11 is 0. The molecule has 1 saturated heterocycles. The highest BCUT2D eigenvalue weighted by atomic mass is 16.5. The summed E-state index contributed by atoms with van der Waals surface area (Å²) in [5, 5.41) is 6.65. The Bertz CT molecular complexity index is 763. The highest BCUT2D eigenvalue weighted by molar-refractivity contribution is 5.95. The van der Waals surface area contributed by atoms with Crippen molar-refractivity contribution in [3.63, 3.8) is 0 Å². The molecule has 0 radical (unpaired) electrons. The Labute approximate surface area is 145 Å². The van der Waals surface area contributed by atoms with E-state index < -0.39 is 0 Å². The van der Waals surface area contributed by atoms with Gasteiger partial charge in [0.1, 0.15) is 5.75 Å². The molecule has 2 aromatic rings. The van der Waals surface area contributed by atoms with Crippen molar-refractivity contribution in [1.29, 1.82) is 0 Å². The second kappa shape index (κ2) is 7.38. The molecular weight excluding hydrogens is 322 g/mol. The number of benzene rings is 1. The number of aryl methyl sites for hydroxylation is 1. The molecule has 1 aliphatic heterocycles. The molecular formula is C18H21N3O4. The van der Waals surface area contributed by atoms with E-state index in [-0.39, 0.29) is 23.5 Å². The molecule has 1 aromatic carbocycles. The van der Waals surface area contributed by atoms with Crippen LogP contribution in [-0.2, 0) is 4.79 Å². The normalized spacial score (nSPS) is 15.0. The summed E-state index contributed by atoms with van der Waals surface area (Å²) in [6.07, 6.45) is 1.22. The maximum Gasteiger partial charge on any atom is 0.292 e. The largest absolute Gasteiger partial charge is 0.495 e. The number of ether oxygens (including phenoxy) is 1. The molecule has 1 aliphatic rings. The van der Waals surface area contributed by atoms with Gasteiger partial charge in [-0.3, -0.25) is 9.59 Å². The van der Waals surface area contributed by atoms with Gasteiger partial charge < -0.3 is 19.5 Å². The number of aromatic nitrogens is 1. The Hall–Kier alpha value is -2.83. The quantitative estimate of drug-likeness (QED) is 0.922. The van der Waals surface area contributed by atoms with Gasteiger partial charge in [-0.1, -0.05) is 17.3 Å². The van der Waals surface area contributed by atoms with E-state index in [4.69, 9.17) is 9.26 Å². The Morgan fingerprint density at radius 2 is 2.00 bits per heavy atom. The molecule has 1 N–H and O–H groups in total. The van der Waals surface area contributed by atoms with Crippen molar-refractivity contribution >= 4 is 17.5 Å². The predicted molar refractivity (Wildman–Crippen MR) is 91.5 cm³/mol. The zero-order chi connectivity index (χ0) is 17.8.